The minimum Gasteiger partial charge on any atom is -0.316 e. The SMILES string of the molecule is CNC1CC(C)CC(C)C1S(=O)(=O)C(C)C. The summed E-state index contributed by atoms with van der Waals surface area (Å²) in [7, 11) is -1.12. The summed E-state index contributed by atoms with van der Waals surface area (Å²) in [5, 5.41) is 2.71. The van der Waals surface area contributed by atoms with Crippen molar-refractivity contribution in [2.24, 2.45) is 11.8 Å². The number of rotatable bonds is 3. The number of sulfone groups is 1. The van der Waals surface area contributed by atoms with Gasteiger partial charge in [0.05, 0.1) is 10.5 Å². The van der Waals surface area contributed by atoms with Crippen LogP contribution in [0, 0.1) is 11.8 Å². The highest BCUT2D eigenvalue weighted by atomic mass is 32.2. The maximum Gasteiger partial charge on any atom is 0.157 e. The van der Waals surface area contributed by atoms with E-state index in [0.717, 1.165) is 12.8 Å². The normalized spacial score (nSPS) is 36.6. The number of hydrogen-bond donors (Lipinski definition) is 1. The first-order valence-electron chi connectivity index (χ1n) is 6.20. The molecule has 0 bridgehead atoms. The molecule has 1 rings (SSSR count). The Morgan fingerprint density at radius 2 is 1.75 bits per heavy atom. The molecule has 1 saturated carbocycles. The van der Waals surface area contributed by atoms with Gasteiger partial charge in [-0.05, 0) is 45.6 Å². The summed E-state index contributed by atoms with van der Waals surface area (Å²) in [5.41, 5.74) is 0. The van der Waals surface area contributed by atoms with Crippen LogP contribution >= 0.6 is 0 Å². The molecule has 4 unspecified atom stereocenters. The van der Waals surface area contributed by atoms with E-state index in [1.54, 1.807) is 13.8 Å². The largest absolute Gasteiger partial charge is 0.316 e. The molecule has 0 aromatic heterocycles. The molecule has 4 heteroatoms. The average molecular weight is 247 g/mol. The standard InChI is InChI=1S/C12H25NO2S/c1-8(2)16(14,15)12-10(4)6-9(3)7-11(12)13-5/h8-13H,6-7H2,1-5H3. The van der Waals surface area contributed by atoms with Crippen LogP contribution in [0.4, 0.5) is 0 Å². The van der Waals surface area contributed by atoms with E-state index in [-0.39, 0.29) is 22.5 Å². The Morgan fingerprint density at radius 1 is 1.19 bits per heavy atom. The van der Waals surface area contributed by atoms with E-state index in [1.807, 2.05) is 7.05 Å². The molecular formula is C12H25NO2S. The van der Waals surface area contributed by atoms with Crippen molar-refractivity contribution in [2.45, 2.75) is 57.1 Å². The van der Waals surface area contributed by atoms with Crippen LogP contribution in [0.1, 0.15) is 40.5 Å². The molecule has 1 N–H and O–H groups in total. The van der Waals surface area contributed by atoms with Crippen molar-refractivity contribution in [3.63, 3.8) is 0 Å². The lowest BCUT2D eigenvalue weighted by Crippen LogP contribution is -2.52. The summed E-state index contributed by atoms with van der Waals surface area (Å²) in [5.74, 6) is 0.875. The van der Waals surface area contributed by atoms with Gasteiger partial charge in [-0.15, -0.1) is 0 Å². The molecule has 0 radical (unpaired) electrons. The second kappa shape index (κ2) is 5.05. The van der Waals surface area contributed by atoms with Crippen LogP contribution < -0.4 is 5.32 Å². The zero-order chi connectivity index (χ0) is 12.5. The van der Waals surface area contributed by atoms with E-state index in [0.29, 0.717) is 5.92 Å². The topological polar surface area (TPSA) is 46.2 Å². The number of nitrogens with one attached hydrogen (secondary N) is 1. The van der Waals surface area contributed by atoms with Gasteiger partial charge in [-0.25, -0.2) is 8.42 Å². The van der Waals surface area contributed by atoms with E-state index in [9.17, 15) is 8.42 Å². The second-order valence-corrected chi connectivity index (χ2v) is 8.22. The molecule has 0 aliphatic heterocycles. The van der Waals surface area contributed by atoms with Crippen LogP contribution in [0.3, 0.4) is 0 Å². The Balaban J connectivity index is 3.00. The summed E-state index contributed by atoms with van der Waals surface area (Å²) < 4.78 is 24.7. The maximum absolute atomic E-state index is 12.3. The molecule has 4 atom stereocenters. The lowest BCUT2D eigenvalue weighted by molar-refractivity contribution is 0.249. The van der Waals surface area contributed by atoms with Gasteiger partial charge in [-0.3, -0.25) is 0 Å². The highest BCUT2D eigenvalue weighted by Crippen LogP contribution is 2.34. The third-order valence-electron chi connectivity index (χ3n) is 3.80. The summed E-state index contributed by atoms with van der Waals surface area (Å²) in [6, 6.07) is 0.117. The molecule has 0 saturated heterocycles. The monoisotopic (exact) mass is 247 g/mol. The Kier molecular flexibility index (Phi) is 4.41. The molecule has 0 aromatic carbocycles. The Labute approximate surface area is 99.9 Å². The highest BCUT2D eigenvalue weighted by Gasteiger charge is 2.42. The fourth-order valence-corrected chi connectivity index (χ4v) is 5.07. The van der Waals surface area contributed by atoms with E-state index in [2.05, 4.69) is 19.2 Å². The zero-order valence-electron chi connectivity index (χ0n) is 11.0. The first-order chi connectivity index (χ1) is 7.30. The van der Waals surface area contributed by atoms with Gasteiger partial charge in [0.2, 0.25) is 0 Å². The third kappa shape index (κ3) is 2.59. The van der Waals surface area contributed by atoms with E-state index >= 15 is 0 Å². The van der Waals surface area contributed by atoms with Gasteiger partial charge < -0.3 is 5.32 Å². The van der Waals surface area contributed by atoms with E-state index in [4.69, 9.17) is 0 Å². The molecule has 1 fully saturated rings. The lowest BCUT2D eigenvalue weighted by atomic mass is 9.80. The van der Waals surface area contributed by atoms with Gasteiger partial charge in [0.1, 0.15) is 0 Å². The molecule has 96 valence electrons. The molecule has 0 spiro atoms. The van der Waals surface area contributed by atoms with Crippen LogP contribution in [0.25, 0.3) is 0 Å². The van der Waals surface area contributed by atoms with Crippen LogP contribution in [0.5, 0.6) is 0 Å². The van der Waals surface area contributed by atoms with Crippen molar-refractivity contribution in [2.75, 3.05) is 7.05 Å². The molecule has 16 heavy (non-hydrogen) atoms. The quantitative estimate of drug-likeness (QED) is 0.827. The summed E-state index contributed by atoms with van der Waals surface area (Å²) in [6.45, 7) is 7.85. The van der Waals surface area contributed by atoms with Crippen molar-refractivity contribution in [1.29, 1.82) is 0 Å². The van der Waals surface area contributed by atoms with E-state index in [1.165, 1.54) is 0 Å². The Morgan fingerprint density at radius 3 is 2.19 bits per heavy atom. The van der Waals surface area contributed by atoms with E-state index < -0.39 is 9.84 Å². The van der Waals surface area contributed by atoms with Crippen molar-refractivity contribution >= 4 is 9.84 Å². The molecule has 0 amide bonds. The predicted molar refractivity (Wildman–Crippen MR) is 68.3 cm³/mol. The molecule has 0 heterocycles. The van der Waals surface area contributed by atoms with Crippen molar-refractivity contribution < 1.29 is 8.42 Å². The van der Waals surface area contributed by atoms with Gasteiger partial charge in [0.25, 0.3) is 0 Å². The van der Waals surface area contributed by atoms with Crippen LogP contribution in [0.15, 0.2) is 0 Å². The van der Waals surface area contributed by atoms with Gasteiger partial charge in [0.15, 0.2) is 9.84 Å². The minimum atomic E-state index is -3.00. The van der Waals surface area contributed by atoms with Crippen LogP contribution in [-0.4, -0.2) is 32.0 Å². The second-order valence-electron chi connectivity index (χ2n) is 5.55. The van der Waals surface area contributed by atoms with Gasteiger partial charge in [0, 0.05) is 6.04 Å². The molecular weight excluding hydrogens is 222 g/mol. The molecule has 0 aromatic rings. The van der Waals surface area contributed by atoms with Crippen LogP contribution in [0.2, 0.25) is 0 Å². The predicted octanol–water partition coefficient (Wildman–Crippen LogP) is 1.83. The fourth-order valence-electron chi connectivity index (χ4n) is 2.98. The van der Waals surface area contributed by atoms with Gasteiger partial charge in [-0.1, -0.05) is 13.8 Å². The Bertz CT molecular complexity index is 324. The van der Waals surface area contributed by atoms with Gasteiger partial charge >= 0.3 is 0 Å². The Hall–Kier alpha value is -0.0900. The van der Waals surface area contributed by atoms with Crippen molar-refractivity contribution in [1.82, 2.24) is 5.32 Å². The smallest absolute Gasteiger partial charge is 0.157 e. The molecule has 1 aliphatic rings. The highest BCUT2D eigenvalue weighted by molar-refractivity contribution is 7.92. The summed E-state index contributed by atoms with van der Waals surface area (Å²) >= 11 is 0. The first-order valence-corrected chi connectivity index (χ1v) is 7.81. The van der Waals surface area contributed by atoms with Crippen molar-refractivity contribution in [3.05, 3.63) is 0 Å². The molecule has 1 aliphatic carbocycles. The van der Waals surface area contributed by atoms with Gasteiger partial charge in [-0.2, -0.15) is 0 Å². The van der Waals surface area contributed by atoms with Crippen LogP contribution in [-0.2, 0) is 9.84 Å². The number of hydrogen-bond acceptors (Lipinski definition) is 3. The fraction of sp³-hybridized carbons (Fsp3) is 1.00. The average Bonchev–Trinajstić information content (AvgIpc) is 2.15. The van der Waals surface area contributed by atoms with Crippen molar-refractivity contribution in [3.8, 4) is 0 Å². The summed E-state index contributed by atoms with van der Waals surface area (Å²) in [6.07, 6.45) is 1.99. The molecule has 3 nitrogen and oxygen atoms in total. The first kappa shape index (κ1) is 14.0. The maximum atomic E-state index is 12.3. The minimum absolute atomic E-state index is 0.117. The zero-order valence-corrected chi connectivity index (χ0v) is 11.8. The third-order valence-corrected chi connectivity index (χ3v) is 6.66. The summed E-state index contributed by atoms with van der Waals surface area (Å²) in [4.78, 5) is 0. The lowest BCUT2D eigenvalue weighted by Gasteiger charge is -2.39.